The fourth-order valence-corrected chi connectivity index (χ4v) is 3.13. The van der Waals surface area contributed by atoms with Gasteiger partial charge in [-0.05, 0) is 59.8 Å². The normalized spacial score (nSPS) is 25.2. The first kappa shape index (κ1) is 19.7. The van der Waals surface area contributed by atoms with E-state index < -0.39 is 18.5 Å². The molecular formula is C18H27N3O3. The molecule has 1 fully saturated rings. The predicted molar refractivity (Wildman–Crippen MR) is 93.4 cm³/mol. The van der Waals surface area contributed by atoms with E-state index in [-0.39, 0.29) is 17.7 Å². The molecule has 0 N–H and O–H groups in total. The van der Waals surface area contributed by atoms with E-state index in [0.29, 0.717) is 0 Å². The Labute approximate surface area is 144 Å². The molecule has 0 aromatic rings. The highest BCUT2D eigenvalue weighted by Crippen LogP contribution is 2.27. The van der Waals surface area contributed by atoms with Gasteiger partial charge in [0.05, 0.1) is 0 Å². The molecule has 0 aliphatic carbocycles. The standard InChI is InChI=1S/C18H27N3O3/c1-7-10-16(22)19-13(4)20(17(23)11-8-2)15(6)21(14(19)5)18(24)12-9-3/h7-15H,1-6H3/b10-7+,11-8+,12-9+. The fourth-order valence-electron chi connectivity index (χ4n) is 3.13. The van der Waals surface area contributed by atoms with Gasteiger partial charge in [-0.15, -0.1) is 0 Å². The second-order valence-corrected chi connectivity index (χ2v) is 5.63. The summed E-state index contributed by atoms with van der Waals surface area (Å²) in [4.78, 5) is 42.1. The Balaban J connectivity index is 3.38. The van der Waals surface area contributed by atoms with Gasteiger partial charge >= 0.3 is 0 Å². The van der Waals surface area contributed by atoms with Crippen molar-refractivity contribution in [1.82, 2.24) is 14.7 Å². The molecular weight excluding hydrogens is 306 g/mol. The van der Waals surface area contributed by atoms with Gasteiger partial charge in [-0.25, -0.2) is 0 Å². The van der Waals surface area contributed by atoms with Crippen LogP contribution in [0, 0.1) is 0 Å². The molecule has 6 nitrogen and oxygen atoms in total. The van der Waals surface area contributed by atoms with Crippen molar-refractivity contribution in [3.8, 4) is 0 Å². The lowest BCUT2D eigenvalue weighted by Crippen LogP contribution is -2.71. The van der Waals surface area contributed by atoms with Gasteiger partial charge in [0, 0.05) is 0 Å². The highest BCUT2D eigenvalue weighted by Gasteiger charge is 2.45. The summed E-state index contributed by atoms with van der Waals surface area (Å²) in [6.45, 7) is 10.7. The van der Waals surface area contributed by atoms with Crippen LogP contribution in [0.15, 0.2) is 36.5 Å². The van der Waals surface area contributed by atoms with Crippen LogP contribution in [-0.4, -0.2) is 50.9 Å². The summed E-state index contributed by atoms with van der Waals surface area (Å²) in [6.07, 6.45) is 7.90. The maximum Gasteiger partial charge on any atom is 0.249 e. The lowest BCUT2D eigenvalue weighted by atomic mass is 10.1. The van der Waals surface area contributed by atoms with Crippen LogP contribution in [-0.2, 0) is 14.4 Å². The maximum absolute atomic E-state index is 12.5. The van der Waals surface area contributed by atoms with Gasteiger partial charge in [0.2, 0.25) is 17.7 Å². The number of amides is 3. The molecule has 1 saturated heterocycles. The molecule has 1 heterocycles. The molecule has 6 heteroatoms. The number of allylic oxidation sites excluding steroid dienone is 3. The van der Waals surface area contributed by atoms with E-state index in [0.717, 1.165) is 0 Å². The van der Waals surface area contributed by atoms with Crippen molar-refractivity contribution in [2.24, 2.45) is 0 Å². The van der Waals surface area contributed by atoms with E-state index >= 15 is 0 Å². The maximum atomic E-state index is 12.5. The van der Waals surface area contributed by atoms with Crippen LogP contribution in [0.4, 0.5) is 0 Å². The summed E-state index contributed by atoms with van der Waals surface area (Å²) in [5, 5.41) is 0. The monoisotopic (exact) mass is 333 g/mol. The largest absolute Gasteiger partial charge is 0.298 e. The van der Waals surface area contributed by atoms with E-state index in [1.165, 1.54) is 18.2 Å². The summed E-state index contributed by atoms with van der Waals surface area (Å²) in [6, 6.07) is 0. The zero-order chi connectivity index (χ0) is 18.4. The third-order valence-electron chi connectivity index (χ3n) is 4.11. The Hall–Kier alpha value is -2.37. The van der Waals surface area contributed by atoms with Crippen LogP contribution >= 0.6 is 0 Å². The number of hydrogen-bond acceptors (Lipinski definition) is 3. The topological polar surface area (TPSA) is 60.9 Å². The van der Waals surface area contributed by atoms with Gasteiger partial charge in [0.15, 0.2) is 0 Å². The molecule has 132 valence electrons. The van der Waals surface area contributed by atoms with Crippen molar-refractivity contribution in [2.75, 3.05) is 0 Å². The first-order valence-electron chi connectivity index (χ1n) is 8.16. The average Bonchev–Trinajstić information content (AvgIpc) is 2.47. The quantitative estimate of drug-likeness (QED) is 0.744. The molecule has 0 radical (unpaired) electrons. The van der Waals surface area contributed by atoms with Crippen molar-refractivity contribution < 1.29 is 14.4 Å². The number of rotatable bonds is 3. The van der Waals surface area contributed by atoms with E-state index in [1.54, 1.807) is 74.5 Å². The van der Waals surface area contributed by atoms with Gasteiger partial charge in [-0.1, -0.05) is 18.2 Å². The highest BCUT2D eigenvalue weighted by molar-refractivity contribution is 5.93. The van der Waals surface area contributed by atoms with E-state index in [1.807, 2.05) is 0 Å². The Morgan fingerprint density at radius 1 is 0.583 bits per heavy atom. The van der Waals surface area contributed by atoms with Gasteiger partial charge in [0.1, 0.15) is 18.5 Å². The second kappa shape index (κ2) is 8.47. The molecule has 1 aliphatic heterocycles. The third-order valence-corrected chi connectivity index (χ3v) is 4.11. The van der Waals surface area contributed by atoms with Gasteiger partial charge in [0.25, 0.3) is 0 Å². The molecule has 0 unspecified atom stereocenters. The molecule has 0 saturated carbocycles. The first-order chi connectivity index (χ1) is 11.3. The molecule has 3 amide bonds. The molecule has 1 aliphatic rings. The molecule has 24 heavy (non-hydrogen) atoms. The van der Waals surface area contributed by atoms with Crippen LogP contribution < -0.4 is 0 Å². The Kier molecular flexibility index (Phi) is 6.95. The van der Waals surface area contributed by atoms with Crippen LogP contribution in [0.1, 0.15) is 41.5 Å². The van der Waals surface area contributed by atoms with Crippen molar-refractivity contribution in [3.05, 3.63) is 36.5 Å². The molecule has 0 aromatic carbocycles. The molecule has 1 rings (SSSR count). The number of nitrogens with zero attached hydrogens (tertiary/aromatic N) is 3. The Morgan fingerprint density at radius 2 is 0.792 bits per heavy atom. The van der Waals surface area contributed by atoms with Gasteiger partial charge in [-0.3, -0.25) is 29.1 Å². The summed E-state index contributed by atoms with van der Waals surface area (Å²) in [7, 11) is 0. The predicted octanol–water partition coefficient (Wildman–Crippen LogP) is 2.25. The molecule has 0 aromatic heterocycles. The number of carbonyl (C=O) groups is 3. The lowest BCUT2D eigenvalue weighted by Gasteiger charge is -2.54. The SMILES string of the molecule is C/C=C/C(=O)N1C(C)N(C(=O)/C=C/C)C(C)N(C(=O)/C=C/C)C1C. The average molecular weight is 333 g/mol. The summed E-state index contributed by atoms with van der Waals surface area (Å²) in [5.41, 5.74) is 0. The van der Waals surface area contributed by atoms with Crippen LogP contribution in [0.3, 0.4) is 0 Å². The summed E-state index contributed by atoms with van der Waals surface area (Å²) in [5.74, 6) is -0.706. The number of carbonyl (C=O) groups excluding carboxylic acids is 3. The lowest BCUT2D eigenvalue weighted by molar-refractivity contribution is -0.183. The summed E-state index contributed by atoms with van der Waals surface area (Å²) >= 11 is 0. The van der Waals surface area contributed by atoms with Crippen LogP contribution in [0.25, 0.3) is 0 Å². The minimum absolute atomic E-state index is 0.235. The minimum Gasteiger partial charge on any atom is -0.298 e. The number of hydrogen-bond donors (Lipinski definition) is 0. The Bertz CT molecular complexity index is 487. The zero-order valence-electron chi connectivity index (χ0n) is 15.3. The molecule has 0 atom stereocenters. The van der Waals surface area contributed by atoms with E-state index in [4.69, 9.17) is 0 Å². The van der Waals surface area contributed by atoms with Gasteiger partial charge in [-0.2, -0.15) is 0 Å². The highest BCUT2D eigenvalue weighted by atomic mass is 16.2. The molecule has 0 bridgehead atoms. The van der Waals surface area contributed by atoms with E-state index in [9.17, 15) is 14.4 Å². The molecule has 0 spiro atoms. The van der Waals surface area contributed by atoms with Crippen molar-refractivity contribution in [2.45, 2.75) is 60.0 Å². The second-order valence-electron chi connectivity index (χ2n) is 5.63. The van der Waals surface area contributed by atoms with E-state index in [2.05, 4.69) is 0 Å². The minimum atomic E-state index is -0.461. The summed E-state index contributed by atoms with van der Waals surface area (Å²) < 4.78 is 0. The fraction of sp³-hybridized carbons (Fsp3) is 0.500. The third kappa shape index (κ3) is 3.75. The van der Waals surface area contributed by atoms with Crippen LogP contribution in [0.2, 0.25) is 0 Å². The first-order valence-corrected chi connectivity index (χ1v) is 8.16. The van der Waals surface area contributed by atoms with Crippen molar-refractivity contribution >= 4 is 17.7 Å². The smallest absolute Gasteiger partial charge is 0.249 e. The zero-order valence-corrected chi connectivity index (χ0v) is 15.3. The van der Waals surface area contributed by atoms with Crippen molar-refractivity contribution in [3.63, 3.8) is 0 Å². The van der Waals surface area contributed by atoms with Crippen molar-refractivity contribution in [1.29, 1.82) is 0 Å². The van der Waals surface area contributed by atoms with Gasteiger partial charge < -0.3 is 0 Å². The van der Waals surface area contributed by atoms with Crippen LogP contribution in [0.5, 0.6) is 0 Å². The Morgan fingerprint density at radius 3 is 0.958 bits per heavy atom.